The molecule has 78 valence electrons. The van der Waals surface area contributed by atoms with Crippen molar-refractivity contribution in [1.29, 1.82) is 0 Å². The molecular weight excluding hydrogens is 166 g/mol. The molecule has 0 aromatic carbocycles. The Morgan fingerprint density at radius 3 is 2.23 bits per heavy atom. The molecule has 0 heterocycles. The van der Waals surface area contributed by atoms with Gasteiger partial charge in [0, 0.05) is 0 Å². The van der Waals surface area contributed by atoms with E-state index in [1.807, 2.05) is 0 Å². The minimum Gasteiger partial charge on any atom is -0.293 e. The third kappa shape index (κ3) is 3.74. The van der Waals surface area contributed by atoms with Crippen molar-refractivity contribution in [2.75, 3.05) is 13.1 Å². The first-order chi connectivity index (χ1) is 6.21. The van der Waals surface area contributed by atoms with E-state index in [2.05, 4.69) is 31.1 Å². The smallest absolute Gasteiger partial charge is 0.251 e. The zero-order valence-electron chi connectivity index (χ0n) is 8.84. The maximum absolute atomic E-state index is 11.4. The lowest BCUT2D eigenvalue weighted by atomic mass is 10.1. The predicted octanol–water partition coefficient (Wildman–Crippen LogP) is 0.487. The molecule has 0 aliphatic carbocycles. The van der Waals surface area contributed by atoms with Gasteiger partial charge in [0.1, 0.15) is 0 Å². The van der Waals surface area contributed by atoms with Gasteiger partial charge in [-0.05, 0) is 19.5 Å². The Balaban J connectivity index is 4.28. The molecule has 4 nitrogen and oxygen atoms in total. The van der Waals surface area contributed by atoms with Crippen LogP contribution in [0, 0.1) is 0 Å². The Morgan fingerprint density at radius 2 is 1.92 bits per heavy atom. The van der Waals surface area contributed by atoms with Gasteiger partial charge in [0.2, 0.25) is 0 Å². The Morgan fingerprint density at radius 1 is 1.38 bits per heavy atom. The van der Waals surface area contributed by atoms with Crippen LogP contribution in [0.3, 0.4) is 0 Å². The molecule has 0 spiro atoms. The molecule has 4 heteroatoms. The summed E-state index contributed by atoms with van der Waals surface area (Å²) in [5.41, 5.74) is 2.22. The number of likely N-dealkylation sites (N-methyl/N-ethyl adjacent to an activating group) is 1. The summed E-state index contributed by atoms with van der Waals surface area (Å²) in [6.07, 6.45) is 1.86. The average Bonchev–Trinajstić information content (AvgIpc) is 2.17. The van der Waals surface area contributed by atoms with Crippen LogP contribution in [-0.4, -0.2) is 29.9 Å². The Hall–Kier alpha value is -0.610. The van der Waals surface area contributed by atoms with Crippen molar-refractivity contribution in [3.63, 3.8) is 0 Å². The van der Waals surface area contributed by atoms with Crippen LogP contribution in [0.1, 0.15) is 33.6 Å². The number of nitrogens with zero attached hydrogens (tertiary/aromatic N) is 1. The van der Waals surface area contributed by atoms with Crippen LogP contribution in [0.25, 0.3) is 0 Å². The Kier molecular flexibility index (Phi) is 6.54. The molecule has 0 unspecified atom stereocenters. The number of nitrogens with two attached hydrogens (primary N) is 1. The highest BCUT2D eigenvalue weighted by Gasteiger charge is 2.21. The first-order valence-electron chi connectivity index (χ1n) is 4.95. The summed E-state index contributed by atoms with van der Waals surface area (Å²) in [6, 6.07) is -0.0648. The van der Waals surface area contributed by atoms with Crippen molar-refractivity contribution in [3.05, 3.63) is 0 Å². The van der Waals surface area contributed by atoms with E-state index in [4.69, 9.17) is 5.84 Å². The molecule has 0 aliphatic rings. The quantitative estimate of drug-likeness (QED) is 0.361. The number of hydrogen-bond donors (Lipinski definition) is 2. The average molecular weight is 187 g/mol. The van der Waals surface area contributed by atoms with Crippen molar-refractivity contribution in [1.82, 2.24) is 10.3 Å². The van der Waals surface area contributed by atoms with Gasteiger partial charge in [-0.2, -0.15) is 0 Å². The number of nitrogens with one attached hydrogen (secondary N) is 1. The fourth-order valence-electron chi connectivity index (χ4n) is 1.51. The fraction of sp³-hybridized carbons (Fsp3) is 0.889. The highest BCUT2D eigenvalue weighted by molar-refractivity contribution is 5.81. The standard InChI is InChI=1S/C9H21N3O/c1-4-7-8(9(13)11-10)12(5-2)6-3/h8H,4-7,10H2,1-3H3,(H,11,13)/t8-/m1/s1. The second-order valence-electron chi connectivity index (χ2n) is 3.03. The van der Waals surface area contributed by atoms with Crippen LogP contribution in [0.15, 0.2) is 0 Å². The molecular formula is C9H21N3O. The van der Waals surface area contributed by atoms with Crippen molar-refractivity contribution >= 4 is 5.91 Å². The summed E-state index contributed by atoms with van der Waals surface area (Å²) < 4.78 is 0. The molecule has 0 fully saturated rings. The second-order valence-corrected chi connectivity index (χ2v) is 3.03. The largest absolute Gasteiger partial charge is 0.293 e. The Bertz CT molecular complexity index is 146. The molecule has 0 aliphatic heterocycles. The Labute approximate surface area is 80.4 Å². The van der Waals surface area contributed by atoms with Gasteiger partial charge >= 0.3 is 0 Å². The molecule has 0 aromatic rings. The van der Waals surface area contributed by atoms with E-state index in [-0.39, 0.29) is 11.9 Å². The number of hydrazine groups is 1. The van der Waals surface area contributed by atoms with Crippen molar-refractivity contribution in [2.45, 2.75) is 39.7 Å². The summed E-state index contributed by atoms with van der Waals surface area (Å²) in [5, 5.41) is 0. The lowest BCUT2D eigenvalue weighted by Crippen LogP contribution is -2.48. The van der Waals surface area contributed by atoms with Crippen LogP contribution < -0.4 is 11.3 Å². The molecule has 0 bridgehead atoms. The molecule has 0 saturated heterocycles. The predicted molar refractivity (Wildman–Crippen MR) is 53.9 cm³/mol. The normalized spacial score (nSPS) is 13.0. The van der Waals surface area contributed by atoms with Gasteiger partial charge in [0.25, 0.3) is 5.91 Å². The van der Waals surface area contributed by atoms with E-state index in [0.717, 1.165) is 25.9 Å². The van der Waals surface area contributed by atoms with E-state index in [1.165, 1.54) is 0 Å². The summed E-state index contributed by atoms with van der Waals surface area (Å²) in [5.74, 6) is 5.05. The molecule has 13 heavy (non-hydrogen) atoms. The zero-order chi connectivity index (χ0) is 10.3. The number of rotatable bonds is 6. The van der Waals surface area contributed by atoms with Crippen LogP contribution in [-0.2, 0) is 4.79 Å². The van der Waals surface area contributed by atoms with Gasteiger partial charge in [-0.25, -0.2) is 5.84 Å². The SMILES string of the molecule is CCC[C@H](C(=O)NN)N(CC)CC. The molecule has 0 saturated carbocycles. The molecule has 0 radical (unpaired) electrons. The van der Waals surface area contributed by atoms with E-state index in [0.29, 0.717) is 0 Å². The van der Waals surface area contributed by atoms with Crippen LogP contribution in [0.2, 0.25) is 0 Å². The molecule has 1 atom stereocenters. The van der Waals surface area contributed by atoms with Gasteiger partial charge < -0.3 is 0 Å². The zero-order valence-corrected chi connectivity index (χ0v) is 8.84. The molecule has 1 amide bonds. The van der Waals surface area contributed by atoms with Gasteiger partial charge in [-0.15, -0.1) is 0 Å². The van der Waals surface area contributed by atoms with Gasteiger partial charge in [0.15, 0.2) is 0 Å². The van der Waals surface area contributed by atoms with Crippen molar-refractivity contribution in [2.24, 2.45) is 5.84 Å². The highest BCUT2D eigenvalue weighted by Crippen LogP contribution is 2.06. The van der Waals surface area contributed by atoms with Gasteiger partial charge in [0.05, 0.1) is 6.04 Å². The van der Waals surface area contributed by atoms with Crippen LogP contribution in [0.4, 0.5) is 0 Å². The first kappa shape index (κ1) is 12.4. The summed E-state index contributed by atoms with van der Waals surface area (Å²) in [6.45, 7) is 7.94. The third-order valence-electron chi connectivity index (χ3n) is 2.26. The third-order valence-corrected chi connectivity index (χ3v) is 2.26. The number of carbonyl (C=O) groups is 1. The second kappa shape index (κ2) is 6.86. The van der Waals surface area contributed by atoms with E-state index in [9.17, 15) is 4.79 Å². The minimum atomic E-state index is -0.0782. The molecule has 0 aromatic heterocycles. The molecule has 3 N–H and O–H groups in total. The molecule has 0 rings (SSSR count). The maximum Gasteiger partial charge on any atom is 0.251 e. The van der Waals surface area contributed by atoms with Gasteiger partial charge in [-0.1, -0.05) is 27.2 Å². The van der Waals surface area contributed by atoms with Crippen LogP contribution >= 0.6 is 0 Å². The maximum atomic E-state index is 11.4. The van der Waals surface area contributed by atoms with E-state index < -0.39 is 0 Å². The van der Waals surface area contributed by atoms with Crippen LogP contribution in [0.5, 0.6) is 0 Å². The summed E-state index contributed by atoms with van der Waals surface area (Å²) in [4.78, 5) is 13.5. The van der Waals surface area contributed by atoms with Crippen molar-refractivity contribution in [3.8, 4) is 0 Å². The fourth-order valence-corrected chi connectivity index (χ4v) is 1.51. The minimum absolute atomic E-state index is 0.0648. The highest BCUT2D eigenvalue weighted by atomic mass is 16.2. The number of amides is 1. The number of hydrogen-bond acceptors (Lipinski definition) is 3. The summed E-state index contributed by atoms with van der Waals surface area (Å²) >= 11 is 0. The van der Waals surface area contributed by atoms with E-state index in [1.54, 1.807) is 0 Å². The monoisotopic (exact) mass is 187 g/mol. The van der Waals surface area contributed by atoms with Gasteiger partial charge in [-0.3, -0.25) is 15.1 Å². The van der Waals surface area contributed by atoms with Crippen molar-refractivity contribution < 1.29 is 4.79 Å². The lowest BCUT2D eigenvalue weighted by Gasteiger charge is -2.27. The topological polar surface area (TPSA) is 58.4 Å². The first-order valence-corrected chi connectivity index (χ1v) is 4.95. The summed E-state index contributed by atoms with van der Waals surface area (Å²) in [7, 11) is 0. The number of carbonyl (C=O) groups excluding carboxylic acids is 1. The van der Waals surface area contributed by atoms with E-state index >= 15 is 0 Å². The lowest BCUT2D eigenvalue weighted by molar-refractivity contribution is -0.126.